The van der Waals surface area contributed by atoms with Crippen LogP contribution in [0.1, 0.15) is 22.9 Å². The van der Waals surface area contributed by atoms with Crippen LogP contribution in [0.25, 0.3) is 0 Å². The van der Waals surface area contributed by atoms with E-state index in [1.165, 1.54) is 6.42 Å². The van der Waals surface area contributed by atoms with Crippen LogP contribution in [0, 0.1) is 0 Å². The van der Waals surface area contributed by atoms with Gasteiger partial charge in [-0.1, -0.05) is 0 Å². The number of nitrogens with zero attached hydrogens (tertiary/aromatic N) is 2. The van der Waals surface area contributed by atoms with Gasteiger partial charge in [0.1, 0.15) is 10.0 Å². The maximum absolute atomic E-state index is 5.63. The summed E-state index contributed by atoms with van der Waals surface area (Å²) in [6.45, 7) is 0.895. The molecule has 0 amide bonds. The van der Waals surface area contributed by atoms with Crippen molar-refractivity contribution in [3.8, 4) is 0 Å². The first-order valence-corrected chi connectivity index (χ1v) is 5.72. The van der Waals surface area contributed by atoms with Crippen LogP contribution in [0.3, 0.4) is 0 Å². The molecule has 1 aromatic heterocycles. The molecule has 0 bridgehead atoms. The molecule has 1 fully saturated rings. The quantitative estimate of drug-likeness (QED) is 0.728. The third-order valence-electron chi connectivity index (χ3n) is 2.05. The summed E-state index contributed by atoms with van der Waals surface area (Å²) in [6, 6.07) is 0. The molecule has 0 spiro atoms. The van der Waals surface area contributed by atoms with Crippen LogP contribution in [0.5, 0.6) is 0 Å². The monoisotopic (exact) mass is 218 g/mol. The van der Waals surface area contributed by atoms with E-state index in [0.29, 0.717) is 12.0 Å². The van der Waals surface area contributed by atoms with Gasteiger partial charge in [0.2, 0.25) is 0 Å². The largest absolute Gasteiger partial charge is 0.378 e. The van der Waals surface area contributed by atoms with E-state index in [4.69, 9.17) is 16.3 Å². The molecule has 1 unspecified atom stereocenters. The molecule has 5 heteroatoms. The lowest BCUT2D eigenvalue weighted by Gasteiger charge is -2.04. The Morgan fingerprint density at radius 2 is 2.31 bits per heavy atom. The van der Waals surface area contributed by atoms with Gasteiger partial charge in [-0.2, -0.15) is 0 Å². The fourth-order valence-electron chi connectivity index (χ4n) is 1.42. The normalized spacial score (nSPS) is 22.4. The fraction of sp³-hybridized carbons (Fsp3) is 0.750. The van der Waals surface area contributed by atoms with Crippen LogP contribution >= 0.6 is 22.9 Å². The molecule has 1 atom stereocenters. The molecule has 3 nitrogen and oxygen atoms in total. The van der Waals surface area contributed by atoms with Crippen molar-refractivity contribution >= 4 is 22.9 Å². The Balaban J connectivity index is 1.92. The number of halogens is 1. The first kappa shape index (κ1) is 9.37. The highest BCUT2D eigenvalue weighted by molar-refractivity contribution is 7.11. The molecule has 72 valence electrons. The van der Waals surface area contributed by atoms with E-state index in [1.807, 2.05) is 0 Å². The zero-order chi connectivity index (χ0) is 9.10. The Hall–Kier alpha value is -0.190. The molecule has 1 aromatic rings. The van der Waals surface area contributed by atoms with E-state index in [2.05, 4.69) is 10.2 Å². The molecule has 2 rings (SSSR count). The SMILES string of the molecule is ClCc1nnc(CC2CCCO2)s1. The second-order valence-electron chi connectivity index (χ2n) is 3.06. The summed E-state index contributed by atoms with van der Waals surface area (Å²) in [5, 5.41) is 9.95. The van der Waals surface area contributed by atoms with Crippen molar-refractivity contribution in [3.05, 3.63) is 10.0 Å². The molecule has 0 N–H and O–H groups in total. The topological polar surface area (TPSA) is 35.0 Å². The first-order valence-electron chi connectivity index (χ1n) is 4.37. The number of rotatable bonds is 3. The van der Waals surface area contributed by atoms with Crippen molar-refractivity contribution in [1.29, 1.82) is 0 Å². The number of alkyl halides is 1. The van der Waals surface area contributed by atoms with Gasteiger partial charge in [0.15, 0.2) is 0 Å². The molecule has 1 aliphatic rings. The van der Waals surface area contributed by atoms with Crippen LogP contribution in [0.4, 0.5) is 0 Å². The van der Waals surface area contributed by atoms with Gasteiger partial charge in [-0.3, -0.25) is 0 Å². The van der Waals surface area contributed by atoms with Crippen LogP contribution < -0.4 is 0 Å². The standard InChI is InChI=1S/C8H11ClN2OS/c9-5-8-11-10-7(13-8)4-6-2-1-3-12-6/h6H,1-5H2. The van der Waals surface area contributed by atoms with E-state index in [9.17, 15) is 0 Å². The zero-order valence-corrected chi connectivity index (χ0v) is 8.77. The van der Waals surface area contributed by atoms with Crippen molar-refractivity contribution < 1.29 is 4.74 Å². The highest BCUT2D eigenvalue weighted by Crippen LogP contribution is 2.19. The lowest BCUT2D eigenvalue weighted by molar-refractivity contribution is 0.111. The molecule has 2 heterocycles. The van der Waals surface area contributed by atoms with Gasteiger partial charge < -0.3 is 4.74 Å². The highest BCUT2D eigenvalue weighted by atomic mass is 35.5. The summed E-state index contributed by atoms with van der Waals surface area (Å²) in [6.07, 6.45) is 3.58. The highest BCUT2D eigenvalue weighted by Gasteiger charge is 2.17. The van der Waals surface area contributed by atoms with Gasteiger partial charge in [0.25, 0.3) is 0 Å². The van der Waals surface area contributed by atoms with Crippen molar-refractivity contribution in [3.63, 3.8) is 0 Å². The van der Waals surface area contributed by atoms with Gasteiger partial charge in [-0.25, -0.2) is 0 Å². The maximum atomic E-state index is 5.63. The van der Waals surface area contributed by atoms with E-state index >= 15 is 0 Å². The maximum Gasteiger partial charge on any atom is 0.132 e. The average molecular weight is 219 g/mol. The van der Waals surface area contributed by atoms with E-state index in [-0.39, 0.29) is 0 Å². The molecule has 1 saturated heterocycles. The Morgan fingerprint density at radius 1 is 1.46 bits per heavy atom. The van der Waals surface area contributed by atoms with Crippen LogP contribution in [-0.2, 0) is 17.0 Å². The Labute approximate surface area is 86.1 Å². The minimum Gasteiger partial charge on any atom is -0.378 e. The summed E-state index contributed by atoms with van der Waals surface area (Å²) < 4.78 is 5.51. The van der Waals surface area contributed by atoms with Crippen LogP contribution in [-0.4, -0.2) is 22.9 Å². The number of ether oxygens (including phenoxy) is 1. The molecular weight excluding hydrogens is 208 g/mol. The molecule has 13 heavy (non-hydrogen) atoms. The lowest BCUT2D eigenvalue weighted by Crippen LogP contribution is -2.08. The number of aromatic nitrogens is 2. The zero-order valence-electron chi connectivity index (χ0n) is 7.20. The number of hydrogen-bond acceptors (Lipinski definition) is 4. The van der Waals surface area contributed by atoms with Crippen molar-refractivity contribution in [2.45, 2.75) is 31.2 Å². The molecule has 0 saturated carbocycles. The van der Waals surface area contributed by atoms with Crippen molar-refractivity contribution in [1.82, 2.24) is 10.2 Å². The number of hydrogen-bond donors (Lipinski definition) is 0. The molecule has 0 radical (unpaired) electrons. The summed E-state index contributed by atoms with van der Waals surface area (Å²) in [5.41, 5.74) is 0. The molecule has 0 aliphatic carbocycles. The average Bonchev–Trinajstić information content (AvgIpc) is 2.76. The minimum absolute atomic E-state index is 0.358. The second-order valence-corrected chi connectivity index (χ2v) is 4.48. The van der Waals surface area contributed by atoms with E-state index in [0.717, 1.165) is 29.5 Å². The summed E-state index contributed by atoms with van der Waals surface area (Å²) in [5.74, 6) is 0.461. The Kier molecular flexibility index (Phi) is 3.14. The lowest BCUT2D eigenvalue weighted by atomic mass is 10.2. The van der Waals surface area contributed by atoms with Gasteiger partial charge in [0.05, 0.1) is 12.0 Å². The predicted molar refractivity (Wildman–Crippen MR) is 52.1 cm³/mol. The third-order valence-corrected chi connectivity index (χ3v) is 3.41. The summed E-state index contributed by atoms with van der Waals surface area (Å²) in [7, 11) is 0. The Bertz CT molecular complexity index is 273. The predicted octanol–water partition coefficient (Wildman–Crippen LogP) is 2.00. The van der Waals surface area contributed by atoms with Crippen LogP contribution in [0.15, 0.2) is 0 Å². The van der Waals surface area contributed by atoms with Gasteiger partial charge in [-0.05, 0) is 12.8 Å². The van der Waals surface area contributed by atoms with Gasteiger partial charge >= 0.3 is 0 Å². The summed E-state index contributed by atoms with van der Waals surface area (Å²) >= 11 is 7.22. The van der Waals surface area contributed by atoms with Crippen molar-refractivity contribution in [2.24, 2.45) is 0 Å². The minimum atomic E-state index is 0.358. The first-order chi connectivity index (χ1) is 6.38. The summed E-state index contributed by atoms with van der Waals surface area (Å²) in [4.78, 5) is 0. The fourth-order valence-corrected chi connectivity index (χ4v) is 2.40. The van der Waals surface area contributed by atoms with Crippen LogP contribution in [0.2, 0.25) is 0 Å². The van der Waals surface area contributed by atoms with Gasteiger partial charge in [0, 0.05) is 13.0 Å². The molecular formula is C8H11ClN2OS. The van der Waals surface area contributed by atoms with Gasteiger partial charge in [-0.15, -0.1) is 33.1 Å². The Morgan fingerprint density at radius 3 is 2.92 bits per heavy atom. The smallest absolute Gasteiger partial charge is 0.132 e. The van der Waals surface area contributed by atoms with Crippen molar-refractivity contribution in [2.75, 3.05) is 6.61 Å². The molecule has 0 aromatic carbocycles. The third kappa shape index (κ3) is 2.39. The van der Waals surface area contributed by atoms with E-state index in [1.54, 1.807) is 11.3 Å². The molecule has 1 aliphatic heterocycles. The second kappa shape index (κ2) is 4.35. The van der Waals surface area contributed by atoms with E-state index < -0.39 is 0 Å².